The van der Waals surface area contributed by atoms with E-state index in [1.165, 1.54) is 40.7 Å². The van der Waals surface area contributed by atoms with Crippen molar-refractivity contribution in [2.75, 3.05) is 6.54 Å². The fraction of sp³-hybridized carbons (Fsp3) is 0.250. The second-order valence-electron chi connectivity index (χ2n) is 5.55. The number of hydrogen-bond donors (Lipinski definition) is 0. The van der Waals surface area contributed by atoms with Crippen LogP contribution in [0.3, 0.4) is 0 Å². The molecule has 0 amide bonds. The zero-order chi connectivity index (χ0) is 17.3. The topological polar surface area (TPSA) is 80.5 Å². The first-order chi connectivity index (χ1) is 11.4. The van der Waals surface area contributed by atoms with E-state index in [0.717, 1.165) is 0 Å². The molecule has 0 N–H and O–H groups in total. The van der Waals surface area contributed by atoms with Crippen molar-refractivity contribution >= 4 is 15.7 Å². The number of nitro benzene ring substituents is 1. The molecule has 2 aromatic carbocycles. The van der Waals surface area contributed by atoms with Gasteiger partial charge in [0.1, 0.15) is 5.82 Å². The fourth-order valence-electron chi connectivity index (χ4n) is 3.00. The number of halogens is 1. The lowest BCUT2D eigenvalue weighted by atomic mass is 10.1. The van der Waals surface area contributed by atoms with E-state index < -0.39 is 32.5 Å². The maximum atomic E-state index is 13.1. The van der Waals surface area contributed by atoms with Crippen molar-refractivity contribution in [3.05, 3.63) is 70.0 Å². The predicted octanol–water partition coefficient (Wildman–Crippen LogP) is 3.26. The molecule has 6 nitrogen and oxygen atoms in total. The Morgan fingerprint density at radius 2 is 1.79 bits per heavy atom. The van der Waals surface area contributed by atoms with Gasteiger partial charge in [-0.1, -0.05) is 24.3 Å². The minimum Gasteiger partial charge on any atom is -0.258 e. The summed E-state index contributed by atoms with van der Waals surface area (Å²) in [6.45, 7) is 0.274. The number of sulfonamides is 1. The van der Waals surface area contributed by atoms with E-state index in [2.05, 4.69) is 0 Å². The molecular weight excluding hydrogens is 335 g/mol. The third-order valence-electron chi connectivity index (χ3n) is 4.11. The number of rotatable bonds is 4. The van der Waals surface area contributed by atoms with Crippen molar-refractivity contribution in [2.45, 2.75) is 23.8 Å². The van der Waals surface area contributed by atoms with Gasteiger partial charge in [-0.3, -0.25) is 10.1 Å². The molecule has 24 heavy (non-hydrogen) atoms. The smallest absolute Gasteiger partial charge is 0.258 e. The molecule has 1 atom stereocenters. The molecule has 126 valence electrons. The van der Waals surface area contributed by atoms with Gasteiger partial charge in [-0.15, -0.1) is 0 Å². The van der Waals surface area contributed by atoms with Crippen LogP contribution < -0.4 is 0 Å². The number of nitro groups is 1. The Bertz CT molecular complexity index is 868. The summed E-state index contributed by atoms with van der Waals surface area (Å²) in [5.41, 5.74) is 0.235. The molecule has 2 aromatic rings. The van der Waals surface area contributed by atoms with Gasteiger partial charge in [0.05, 0.1) is 11.0 Å². The minimum atomic E-state index is -4.02. The third-order valence-corrected chi connectivity index (χ3v) is 6.06. The minimum absolute atomic E-state index is 0.274. The summed E-state index contributed by atoms with van der Waals surface area (Å²) in [6.07, 6.45) is 1.23. The van der Waals surface area contributed by atoms with E-state index in [4.69, 9.17) is 0 Å². The van der Waals surface area contributed by atoms with E-state index in [9.17, 15) is 22.9 Å². The van der Waals surface area contributed by atoms with Crippen molar-refractivity contribution in [1.82, 2.24) is 4.31 Å². The molecule has 0 saturated carbocycles. The Balaban J connectivity index is 2.03. The summed E-state index contributed by atoms with van der Waals surface area (Å²) in [4.78, 5) is 10.1. The van der Waals surface area contributed by atoms with E-state index >= 15 is 0 Å². The molecule has 0 aliphatic carbocycles. The first-order valence-electron chi connectivity index (χ1n) is 7.42. The SMILES string of the molecule is O=[N+]([O-])c1ccccc1S(=O)(=O)N1CCCC1c1ccc(F)cc1. The van der Waals surface area contributed by atoms with Crippen LogP contribution in [0.4, 0.5) is 10.1 Å². The molecule has 1 fully saturated rings. The van der Waals surface area contributed by atoms with Crippen LogP contribution in [-0.2, 0) is 10.0 Å². The zero-order valence-corrected chi connectivity index (χ0v) is 13.4. The highest BCUT2D eigenvalue weighted by molar-refractivity contribution is 7.89. The van der Waals surface area contributed by atoms with Crippen LogP contribution in [0.2, 0.25) is 0 Å². The summed E-state index contributed by atoms with van der Waals surface area (Å²) in [5, 5.41) is 11.2. The van der Waals surface area contributed by atoms with E-state index in [1.54, 1.807) is 12.1 Å². The van der Waals surface area contributed by atoms with Crippen LogP contribution in [0.5, 0.6) is 0 Å². The fourth-order valence-corrected chi connectivity index (χ4v) is 4.84. The second-order valence-corrected chi connectivity index (χ2v) is 7.41. The Morgan fingerprint density at radius 3 is 2.46 bits per heavy atom. The van der Waals surface area contributed by atoms with Crippen molar-refractivity contribution in [3.8, 4) is 0 Å². The highest BCUT2D eigenvalue weighted by atomic mass is 32.2. The van der Waals surface area contributed by atoms with Gasteiger partial charge in [-0.25, -0.2) is 12.8 Å². The standard InChI is InChI=1S/C16H15FN2O4S/c17-13-9-7-12(8-10-13)14-5-3-11-18(14)24(22,23)16-6-2-1-4-15(16)19(20)21/h1-2,4,6-10,14H,3,5,11H2. The van der Waals surface area contributed by atoms with Gasteiger partial charge >= 0.3 is 0 Å². The first kappa shape index (κ1) is 16.5. The molecule has 1 aliphatic rings. The van der Waals surface area contributed by atoms with Crippen molar-refractivity contribution in [2.24, 2.45) is 0 Å². The molecule has 0 radical (unpaired) electrons. The molecule has 3 rings (SSSR count). The number of nitrogens with zero attached hydrogens (tertiary/aromatic N) is 2. The molecule has 1 saturated heterocycles. The third kappa shape index (κ3) is 2.90. The lowest BCUT2D eigenvalue weighted by molar-refractivity contribution is -0.387. The summed E-state index contributed by atoms with van der Waals surface area (Å²) < 4.78 is 40.3. The maximum absolute atomic E-state index is 13.1. The lowest BCUT2D eigenvalue weighted by Gasteiger charge is -2.24. The van der Waals surface area contributed by atoms with Crippen LogP contribution >= 0.6 is 0 Å². The van der Waals surface area contributed by atoms with Crippen molar-refractivity contribution < 1.29 is 17.7 Å². The Morgan fingerprint density at radius 1 is 1.12 bits per heavy atom. The number of para-hydroxylation sites is 1. The summed E-state index contributed by atoms with van der Waals surface area (Å²) in [7, 11) is -4.02. The van der Waals surface area contributed by atoms with Crippen LogP contribution in [0.25, 0.3) is 0 Å². The van der Waals surface area contributed by atoms with Crippen LogP contribution in [0.15, 0.2) is 53.4 Å². The molecule has 0 aromatic heterocycles. The van der Waals surface area contributed by atoms with Gasteiger partial charge in [0, 0.05) is 12.6 Å². The largest absolute Gasteiger partial charge is 0.289 e. The monoisotopic (exact) mass is 350 g/mol. The van der Waals surface area contributed by atoms with Gasteiger partial charge in [0.25, 0.3) is 5.69 Å². The molecule has 1 unspecified atom stereocenters. The van der Waals surface area contributed by atoms with E-state index in [-0.39, 0.29) is 11.4 Å². The molecule has 1 heterocycles. The van der Waals surface area contributed by atoms with Crippen LogP contribution in [-0.4, -0.2) is 24.2 Å². The predicted molar refractivity (Wildman–Crippen MR) is 85.4 cm³/mol. The van der Waals surface area contributed by atoms with Gasteiger partial charge < -0.3 is 0 Å². The zero-order valence-electron chi connectivity index (χ0n) is 12.6. The number of benzene rings is 2. The molecule has 8 heteroatoms. The van der Waals surface area contributed by atoms with E-state index in [0.29, 0.717) is 18.4 Å². The molecule has 1 aliphatic heterocycles. The quantitative estimate of drug-likeness (QED) is 0.626. The maximum Gasteiger partial charge on any atom is 0.289 e. The lowest BCUT2D eigenvalue weighted by Crippen LogP contribution is -2.31. The molecule has 0 spiro atoms. The van der Waals surface area contributed by atoms with Crippen LogP contribution in [0.1, 0.15) is 24.4 Å². The first-order valence-corrected chi connectivity index (χ1v) is 8.86. The molecular formula is C16H15FN2O4S. The van der Waals surface area contributed by atoms with Gasteiger partial charge in [-0.05, 0) is 36.6 Å². The Labute approximate surface area is 138 Å². The van der Waals surface area contributed by atoms with Gasteiger partial charge in [0.15, 0.2) is 4.90 Å². The normalized spacial score (nSPS) is 18.6. The summed E-state index contributed by atoms with van der Waals surface area (Å²) in [5.74, 6) is -0.398. The Kier molecular flexibility index (Phi) is 4.33. The van der Waals surface area contributed by atoms with Gasteiger partial charge in [-0.2, -0.15) is 4.31 Å². The van der Waals surface area contributed by atoms with Crippen molar-refractivity contribution in [3.63, 3.8) is 0 Å². The number of hydrogen-bond acceptors (Lipinski definition) is 4. The van der Waals surface area contributed by atoms with E-state index in [1.807, 2.05) is 0 Å². The van der Waals surface area contributed by atoms with Crippen molar-refractivity contribution in [1.29, 1.82) is 0 Å². The summed E-state index contributed by atoms with van der Waals surface area (Å²) in [6, 6.07) is 10.5. The molecule has 0 bridgehead atoms. The van der Waals surface area contributed by atoms with Crippen LogP contribution in [0, 0.1) is 15.9 Å². The summed E-state index contributed by atoms with van der Waals surface area (Å²) >= 11 is 0. The van der Waals surface area contributed by atoms with Gasteiger partial charge in [0.2, 0.25) is 10.0 Å². The second kappa shape index (κ2) is 6.29. The average Bonchev–Trinajstić information content (AvgIpc) is 3.06. The average molecular weight is 350 g/mol. The Hall–Kier alpha value is -2.32. The highest BCUT2D eigenvalue weighted by Gasteiger charge is 2.39. The highest BCUT2D eigenvalue weighted by Crippen LogP contribution is 2.38.